The van der Waals surface area contributed by atoms with Crippen molar-refractivity contribution in [2.24, 2.45) is 0 Å². The van der Waals surface area contributed by atoms with Gasteiger partial charge in [0.05, 0.1) is 21.8 Å². The Kier molecular flexibility index (Phi) is 4.37. The van der Waals surface area contributed by atoms with Crippen molar-refractivity contribution in [1.82, 2.24) is 0 Å². The summed E-state index contributed by atoms with van der Waals surface area (Å²) in [6.45, 7) is 0. The van der Waals surface area contributed by atoms with Gasteiger partial charge < -0.3 is 5.32 Å². The second-order valence-corrected chi connectivity index (χ2v) is 7.00. The van der Waals surface area contributed by atoms with E-state index in [1.165, 1.54) is 10.5 Å². The highest BCUT2D eigenvalue weighted by atomic mass is 35.5. The van der Waals surface area contributed by atoms with Crippen molar-refractivity contribution in [1.29, 1.82) is 0 Å². The van der Waals surface area contributed by atoms with Gasteiger partial charge in [0.2, 0.25) is 0 Å². The Labute approximate surface area is 137 Å². The Balaban J connectivity index is 1.94. The molecule has 2 aromatic rings. The topological polar surface area (TPSA) is 12.0 Å². The molecule has 0 bridgehead atoms. The molecule has 1 atom stereocenters. The third-order valence-corrected chi connectivity index (χ3v) is 5.22. The summed E-state index contributed by atoms with van der Waals surface area (Å²) in [6.07, 6.45) is 1.04. The molecular weight excluding hydrogens is 333 g/mol. The van der Waals surface area contributed by atoms with Crippen LogP contribution in [-0.4, -0.2) is 5.75 Å². The first-order valence-electron chi connectivity index (χ1n) is 6.28. The van der Waals surface area contributed by atoms with E-state index in [1.807, 2.05) is 11.8 Å². The number of nitrogens with one attached hydrogen (secondary N) is 1. The van der Waals surface area contributed by atoms with Crippen molar-refractivity contribution in [3.05, 3.63) is 57.0 Å². The molecule has 1 unspecified atom stereocenters. The number of rotatable bonds is 2. The molecule has 2 aromatic carbocycles. The van der Waals surface area contributed by atoms with Crippen LogP contribution in [0.3, 0.4) is 0 Å². The van der Waals surface area contributed by atoms with Crippen LogP contribution in [0.25, 0.3) is 0 Å². The molecule has 1 heterocycles. The van der Waals surface area contributed by atoms with E-state index in [1.54, 1.807) is 12.1 Å². The number of anilines is 1. The van der Waals surface area contributed by atoms with E-state index in [0.717, 1.165) is 17.9 Å². The molecular formula is C15H12Cl3NS. The average molecular weight is 345 g/mol. The Bertz CT molecular complexity index is 622. The lowest BCUT2D eigenvalue weighted by Gasteiger charge is -2.27. The number of benzene rings is 2. The maximum absolute atomic E-state index is 6.24. The molecule has 1 nitrogen and oxygen atoms in total. The lowest BCUT2D eigenvalue weighted by Crippen LogP contribution is -2.16. The molecule has 1 N–H and O–H groups in total. The maximum Gasteiger partial charge on any atom is 0.0724 e. The fraction of sp³-hybridized carbons (Fsp3) is 0.200. The van der Waals surface area contributed by atoms with E-state index in [9.17, 15) is 0 Å². The van der Waals surface area contributed by atoms with Gasteiger partial charge in [-0.25, -0.2) is 0 Å². The van der Waals surface area contributed by atoms with Crippen molar-refractivity contribution in [2.45, 2.75) is 17.4 Å². The highest BCUT2D eigenvalue weighted by Crippen LogP contribution is 2.41. The maximum atomic E-state index is 6.24. The van der Waals surface area contributed by atoms with Crippen LogP contribution >= 0.6 is 46.6 Å². The Morgan fingerprint density at radius 2 is 1.75 bits per heavy atom. The smallest absolute Gasteiger partial charge is 0.0724 e. The molecule has 3 rings (SSSR count). The fourth-order valence-corrected chi connectivity index (χ4v) is 4.40. The van der Waals surface area contributed by atoms with Gasteiger partial charge in [-0.1, -0.05) is 53.0 Å². The highest BCUT2D eigenvalue weighted by molar-refractivity contribution is 7.99. The first-order chi connectivity index (χ1) is 9.65. The minimum Gasteiger partial charge on any atom is -0.376 e. The van der Waals surface area contributed by atoms with Crippen molar-refractivity contribution in [2.75, 3.05) is 11.1 Å². The minimum atomic E-state index is 0.226. The van der Waals surface area contributed by atoms with E-state index < -0.39 is 0 Å². The molecule has 1 aliphatic rings. The summed E-state index contributed by atoms with van der Waals surface area (Å²) in [7, 11) is 0. The van der Waals surface area contributed by atoms with Gasteiger partial charge >= 0.3 is 0 Å². The summed E-state index contributed by atoms with van der Waals surface area (Å²) in [5, 5.41) is 5.12. The molecule has 0 saturated heterocycles. The van der Waals surface area contributed by atoms with Crippen LogP contribution in [0.2, 0.25) is 15.1 Å². The molecule has 0 saturated carbocycles. The standard InChI is InChI=1S/C15H12Cl3NS/c16-9-7-11(17)15(12(18)8-9)19-13-5-6-20-14-4-2-1-3-10(13)14/h1-4,7-8,13,19H,5-6H2. The van der Waals surface area contributed by atoms with Gasteiger partial charge in [-0.05, 0) is 30.2 Å². The molecule has 0 spiro atoms. The number of hydrogen-bond acceptors (Lipinski definition) is 2. The van der Waals surface area contributed by atoms with E-state index in [4.69, 9.17) is 34.8 Å². The third-order valence-electron chi connectivity index (χ3n) is 3.28. The first-order valence-corrected chi connectivity index (χ1v) is 8.40. The summed E-state index contributed by atoms with van der Waals surface area (Å²) in [6, 6.07) is 12.1. The van der Waals surface area contributed by atoms with Crippen LogP contribution in [0, 0.1) is 0 Å². The van der Waals surface area contributed by atoms with Crippen LogP contribution in [0.4, 0.5) is 5.69 Å². The number of thioether (sulfide) groups is 1. The van der Waals surface area contributed by atoms with Gasteiger partial charge in [0, 0.05) is 15.7 Å². The Hall–Kier alpha value is -0.540. The molecule has 0 aromatic heterocycles. The van der Waals surface area contributed by atoms with Crippen molar-refractivity contribution >= 4 is 52.3 Å². The molecule has 0 fully saturated rings. The molecule has 1 aliphatic heterocycles. The van der Waals surface area contributed by atoms with Gasteiger partial charge in [0.1, 0.15) is 0 Å². The molecule has 5 heteroatoms. The van der Waals surface area contributed by atoms with Crippen LogP contribution in [0.1, 0.15) is 18.0 Å². The molecule has 0 radical (unpaired) electrons. The SMILES string of the molecule is Clc1cc(Cl)c(NC2CCSc3ccccc32)c(Cl)c1. The van der Waals surface area contributed by atoms with Crippen LogP contribution in [0.15, 0.2) is 41.3 Å². The normalized spacial score (nSPS) is 17.6. The molecule has 20 heavy (non-hydrogen) atoms. The van der Waals surface area contributed by atoms with Crippen LogP contribution in [-0.2, 0) is 0 Å². The number of halogens is 3. The summed E-state index contributed by atoms with van der Waals surface area (Å²) >= 11 is 20.3. The zero-order valence-corrected chi connectivity index (χ0v) is 13.6. The number of hydrogen-bond donors (Lipinski definition) is 1. The van der Waals surface area contributed by atoms with Crippen LogP contribution in [0.5, 0.6) is 0 Å². The fourth-order valence-electron chi connectivity index (χ4n) is 2.35. The van der Waals surface area contributed by atoms with Crippen LogP contribution < -0.4 is 5.32 Å². The van der Waals surface area contributed by atoms with Gasteiger partial charge in [-0.3, -0.25) is 0 Å². The minimum absolute atomic E-state index is 0.226. The third kappa shape index (κ3) is 2.89. The lowest BCUT2D eigenvalue weighted by atomic mass is 10.0. The second-order valence-electron chi connectivity index (χ2n) is 4.62. The van der Waals surface area contributed by atoms with Gasteiger partial charge in [0.25, 0.3) is 0 Å². The molecule has 0 aliphatic carbocycles. The first kappa shape index (κ1) is 14.4. The molecule has 104 valence electrons. The lowest BCUT2D eigenvalue weighted by molar-refractivity contribution is 0.729. The van der Waals surface area contributed by atoms with Gasteiger partial charge in [-0.15, -0.1) is 11.8 Å². The van der Waals surface area contributed by atoms with E-state index in [0.29, 0.717) is 15.1 Å². The molecule has 0 amide bonds. The average Bonchev–Trinajstić information content (AvgIpc) is 2.43. The van der Waals surface area contributed by atoms with Gasteiger partial charge in [0.15, 0.2) is 0 Å². The zero-order chi connectivity index (χ0) is 14.1. The summed E-state index contributed by atoms with van der Waals surface area (Å²) in [5.41, 5.74) is 2.05. The number of fused-ring (bicyclic) bond motifs is 1. The predicted octanol–water partition coefficient (Wildman–Crippen LogP) is 6.30. The summed E-state index contributed by atoms with van der Waals surface area (Å²) in [4.78, 5) is 1.32. The van der Waals surface area contributed by atoms with E-state index in [-0.39, 0.29) is 6.04 Å². The largest absolute Gasteiger partial charge is 0.376 e. The summed E-state index contributed by atoms with van der Waals surface area (Å²) < 4.78 is 0. The predicted molar refractivity (Wildman–Crippen MR) is 89.6 cm³/mol. The monoisotopic (exact) mass is 343 g/mol. The van der Waals surface area contributed by atoms with Crippen molar-refractivity contribution in [3.63, 3.8) is 0 Å². The van der Waals surface area contributed by atoms with Crippen molar-refractivity contribution in [3.8, 4) is 0 Å². The van der Waals surface area contributed by atoms with Crippen molar-refractivity contribution < 1.29 is 0 Å². The zero-order valence-electron chi connectivity index (χ0n) is 10.5. The summed E-state index contributed by atoms with van der Waals surface area (Å²) in [5.74, 6) is 1.08. The van der Waals surface area contributed by atoms with E-state index in [2.05, 4.69) is 29.6 Å². The highest BCUT2D eigenvalue weighted by Gasteiger charge is 2.21. The van der Waals surface area contributed by atoms with E-state index >= 15 is 0 Å². The Morgan fingerprint density at radius 1 is 1.05 bits per heavy atom. The van der Waals surface area contributed by atoms with Gasteiger partial charge in [-0.2, -0.15) is 0 Å². The second kappa shape index (κ2) is 6.07. The quantitative estimate of drug-likeness (QED) is 0.686. The Morgan fingerprint density at radius 3 is 2.50 bits per heavy atom.